The lowest BCUT2D eigenvalue weighted by atomic mass is 9.95. The predicted octanol–water partition coefficient (Wildman–Crippen LogP) is 4.22. The van der Waals surface area contributed by atoms with Gasteiger partial charge in [-0.3, -0.25) is 9.59 Å². The van der Waals surface area contributed by atoms with Crippen LogP contribution in [0.3, 0.4) is 0 Å². The van der Waals surface area contributed by atoms with Crippen LogP contribution in [0.5, 0.6) is 0 Å². The van der Waals surface area contributed by atoms with Crippen LogP contribution in [0.25, 0.3) is 0 Å². The number of hydrogen-bond donors (Lipinski definition) is 1. The molecule has 1 aliphatic rings. The van der Waals surface area contributed by atoms with E-state index >= 15 is 0 Å². The molecule has 3 rings (SSSR count). The molecule has 26 heavy (non-hydrogen) atoms. The Kier molecular flexibility index (Phi) is 5.66. The summed E-state index contributed by atoms with van der Waals surface area (Å²) in [7, 11) is 0. The maximum absolute atomic E-state index is 13.8. The molecule has 1 saturated heterocycles. The molecule has 0 aromatic heterocycles. The molecule has 1 heterocycles. The van der Waals surface area contributed by atoms with Crippen molar-refractivity contribution < 1.29 is 18.4 Å². The van der Waals surface area contributed by atoms with E-state index in [0.29, 0.717) is 30.4 Å². The number of carbonyl (C=O) groups is 2. The minimum absolute atomic E-state index is 0.0346. The smallest absolute Gasteiger partial charge is 0.256 e. The van der Waals surface area contributed by atoms with E-state index in [1.54, 1.807) is 17.0 Å². The summed E-state index contributed by atoms with van der Waals surface area (Å²) < 4.78 is 28.2. The van der Waals surface area contributed by atoms with Gasteiger partial charge in [0.05, 0.1) is 11.3 Å². The lowest BCUT2D eigenvalue weighted by Crippen LogP contribution is -2.41. The summed E-state index contributed by atoms with van der Waals surface area (Å²) in [5.41, 5.74) is 0.162. The summed E-state index contributed by atoms with van der Waals surface area (Å²) in [5.74, 6) is -2.03. The quantitative estimate of drug-likeness (QED) is 0.804. The highest BCUT2D eigenvalue weighted by Gasteiger charge is 2.29. The van der Waals surface area contributed by atoms with E-state index in [1.807, 2.05) is 0 Å². The summed E-state index contributed by atoms with van der Waals surface area (Å²) in [6.07, 6.45) is 0.897. The van der Waals surface area contributed by atoms with Crippen LogP contribution in [-0.4, -0.2) is 29.8 Å². The molecule has 1 aliphatic heterocycles. The standard InChI is InChI=1S/C19H17BrF2N2O2/c20-13-5-6-17(16(22)11-13)23-18(25)12-7-9-24(10-8-12)19(26)14-3-1-2-4-15(14)21/h1-6,11-12H,7-10H2,(H,23,25). The van der Waals surface area contributed by atoms with E-state index in [9.17, 15) is 18.4 Å². The summed E-state index contributed by atoms with van der Waals surface area (Å²) in [5, 5.41) is 2.59. The molecule has 2 aromatic carbocycles. The predicted molar refractivity (Wildman–Crippen MR) is 97.8 cm³/mol. The number of nitrogens with one attached hydrogen (secondary N) is 1. The van der Waals surface area contributed by atoms with Crippen LogP contribution in [-0.2, 0) is 4.79 Å². The van der Waals surface area contributed by atoms with Gasteiger partial charge in [-0.25, -0.2) is 8.78 Å². The minimum Gasteiger partial charge on any atom is -0.339 e. The van der Waals surface area contributed by atoms with Crippen molar-refractivity contribution in [2.45, 2.75) is 12.8 Å². The average molecular weight is 423 g/mol. The number of nitrogens with zero attached hydrogens (tertiary/aromatic N) is 1. The highest BCUT2D eigenvalue weighted by molar-refractivity contribution is 9.10. The zero-order valence-electron chi connectivity index (χ0n) is 13.8. The molecule has 0 bridgehead atoms. The van der Waals surface area contributed by atoms with Gasteiger partial charge in [0, 0.05) is 23.5 Å². The van der Waals surface area contributed by atoms with Crippen LogP contribution >= 0.6 is 15.9 Å². The van der Waals surface area contributed by atoms with Gasteiger partial charge in [0.2, 0.25) is 5.91 Å². The molecule has 4 nitrogen and oxygen atoms in total. The third-order valence-electron chi connectivity index (χ3n) is 4.45. The van der Waals surface area contributed by atoms with Gasteiger partial charge >= 0.3 is 0 Å². The topological polar surface area (TPSA) is 49.4 Å². The van der Waals surface area contributed by atoms with Gasteiger partial charge in [0.25, 0.3) is 5.91 Å². The van der Waals surface area contributed by atoms with Gasteiger partial charge in [0.15, 0.2) is 0 Å². The lowest BCUT2D eigenvalue weighted by molar-refractivity contribution is -0.121. The SMILES string of the molecule is O=C(Nc1ccc(Br)cc1F)C1CCN(C(=O)c2ccccc2F)CC1. The van der Waals surface area contributed by atoms with E-state index < -0.39 is 11.6 Å². The number of rotatable bonds is 3. The van der Waals surface area contributed by atoms with Gasteiger partial charge in [-0.2, -0.15) is 0 Å². The Morgan fingerprint density at radius 2 is 1.73 bits per heavy atom. The average Bonchev–Trinajstić information content (AvgIpc) is 2.64. The Labute approximate surface area is 158 Å². The number of amides is 2. The molecule has 0 unspecified atom stereocenters. The Morgan fingerprint density at radius 1 is 1.04 bits per heavy atom. The normalized spacial score (nSPS) is 15.0. The van der Waals surface area contributed by atoms with Gasteiger partial charge < -0.3 is 10.2 Å². The van der Waals surface area contributed by atoms with Crippen molar-refractivity contribution in [2.75, 3.05) is 18.4 Å². The van der Waals surface area contributed by atoms with E-state index in [-0.39, 0.29) is 29.0 Å². The largest absolute Gasteiger partial charge is 0.339 e. The second-order valence-corrected chi connectivity index (χ2v) is 7.08. The fourth-order valence-corrected chi connectivity index (χ4v) is 3.31. The lowest BCUT2D eigenvalue weighted by Gasteiger charge is -2.31. The molecule has 2 amide bonds. The van der Waals surface area contributed by atoms with Crippen LogP contribution in [0.15, 0.2) is 46.9 Å². The molecule has 136 valence electrons. The first-order valence-corrected chi connectivity index (χ1v) is 9.04. The monoisotopic (exact) mass is 422 g/mol. The maximum Gasteiger partial charge on any atom is 0.256 e. The summed E-state index contributed by atoms with van der Waals surface area (Å²) in [6, 6.07) is 10.3. The third-order valence-corrected chi connectivity index (χ3v) is 4.94. The highest BCUT2D eigenvalue weighted by atomic mass is 79.9. The molecule has 0 radical (unpaired) electrons. The molecular weight excluding hydrogens is 406 g/mol. The van der Waals surface area contributed by atoms with E-state index in [0.717, 1.165) is 0 Å². The van der Waals surface area contributed by atoms with Crippen LogP contribution < -0.4 is 5.32 Å². The summed E-state index contributed by atoms with van der Waals surface area (Å²) in [4.78, 5) is 26.3. The molecule has 1 fully saturated rings. The Bertz CT molecular complexity index is 836. The molecule has 0 saturated carbocycles. The van der Waals surface area contributed by atoms with Gasteiger partial charge in [0.1, 0.15) is 11.6 Å². The van der Waals surface area contributed by atoms with Crippen LogP contribution in [0, 0.1) is 17.6 Å². The second-order valence-electron chi connectivity index (χ2n) is 6.16. The number of halogens is 3. The number of benzene rings is 2. The number of carbonyl (C=O) groups excluding carboxylic acids is 2. The third kappa shape index (κ3) is 4.09. The van der Waals surface area contributed by atoms with Crippen molar-refractivity contribution in [1.29, 1.82) is 0 Å². The first-order chi connectivity index (χ1) is 12.5. The summed E-state index contributed by atoms with van der Waals surface area (Å²) >= 11 is 3.17. The maximum atomic E-state index is 13.8. The zero-order chi connectivity index (χ0) is 18.7. The molecular formula is C19H17BrF2N2O2. The Hall–Kier alpha value is -2.28. The van der Waals surface area contributed by atoms with Crippen molar-refractivity contribution in [1.82, 2.24) is 4.90 Å². The van der Waals surface area contributed by atoms with Crippen LogP contribution in [0.2, 0.25) is 0 Å². The zero-order valence-corrected chi connectivity index (χ0v) is 15.4. The first-order valence-electron chi connectivity index (χ1n) is 8.25. The summed E-state index contributed by atoms with van der Waals surface area (Å²) in [6.45, 7) is 0.710. The molecule has 0 aliphatic carbocycles. The van der Waals surface area contributed by atoms with Crippen molar-refractivity contribution in [3.63, 3.8) is 0 Å². The fourth-order valence-electron chi connectivity index (χ4n) is 2.98. The van der Waals surface area contributed by atoms with Crippen LogP contribution in [0.4, 0.5) is 14.5 Å². The number of piperidine rings is 1. The molecule has 1 N–H and O–H groups in total. The van der Waals surface area contributed by atoms with Crippen molar-refractivity contribution in [3.05, 3.63) is 64.1 Å². The first kappa shape index (κ1) is 18.5. The van der Waals surface area contributed by atoms with E-state index in [1.165, 1.54) is 30.3 Å². The number of likely N-dealkylation sites (tertiary alicyclic amines) is 1. The van der Waals surface area contributed by atoms with Gasteiger partial charge in [-0.15, -0.1) is 0 Å². The van der Waals surface area contributed by atoms with Crippen molar-refractivity contribution in [2.24, 2.45) is 5.92 Å². The van der Waals surface area contributed by atoms with Crippen molar-refractivity contribution >= 4 is 33.4 Å². The fraction of sp³-hybridized carbons (Fsp3) is 0.263. The molecule has 0 atom stereocenters. The van der Waals surface area contributed by atoms with E-state index in [4.69, 9.17) is 0 Å². The Morgan fingerprint density at radius 3 is 2.38 bits per heavy atom. The number of hydrogen-bond acceptors (Lipinski definition) is 2. The van der Waals surface area contributed by atoms with Gasteiger partial charge in [-0.1, -0.05) is 28.1 Å². The van der Waals surface area contributed by atoms with Crippen molar-refractivity contribution in [3.8, 4) is 0 Å². The highest BCUT2D eigenvalue weighted by Crippen LogP contribution is 2.24. The second kappa shape index (κ2) is 7.95. The molecule has 2 aromatic rings. The molecule has 0 spiro atoms. The van der Waals surface area contributed by atoms with Crippen LogP contribution in [0.1, 0.15) is 23.2 Å². The minimum atomic E-state index is -0.553. The number of anilines is 1. The van der Waals surface area contributed by atoms with Gasteiger partial charge in [-0.05, 0) is 43.2 Å². The Balaban J connectivity index is 1.59. The van der Waals surface area contributed by atoms with E-state index in [2.05, 4.69) is 21.2 Å². The molecule has 7 heteroatoms.